The Hall–Kier alpha value is -2.11. The first-order valence-electron chi connectivity index (χ1n) is 14.2. The normalized spacial score (nSPS) is 11.8. The third-order valence-corrected chi connectivity index (χ3v) is 6.51. The lowest BCUT2D eigenvalue weighted by molar-refractivity contribution is -0.146. The van der Waals surface area contributed by atoms with Gasteiger partial charge in [0.25, 0.3) is 0 Å². The SMILES string of the molecule is CCCCCCCCCCC(CCCCCCCC)COC(=O)CCC(=O)Nc1cccc(N)n1. The van der Waals surface area contributed by atoms with Crippen LogP contribution < -0.4 is 11.1 Å². The molecule has 1 aromatic heterocycles. The standard InChI is InChI=1S/C29H51N3O3/c1-3-5-7-9-11-12-14-16-19-25(18-15-13-10-8-6-4-2)24-35-29(34)23-22-28(33)32-27-21-17-20-26(30)31-27/h17,20-21,25H,3-16,18-19,22-24H2,1-2H3,(H3,30,31,32,33). The van der Waals surface area contributed by atoms with Gasteiger partial charge in [-0.1, -0.05) is 110 Å². The van der Waals surface area contributed by atoms with E-state index in [0.717, 1.165) is 12.8 Å². The van der Waals surface area contributed by atoms with Gasteiger partial charge in [0.15, 0.2) is 0 Å². The minimum absolute atomic E-state index is 0.0788. The largest absolute Gasteiger partial charge is 0.465 e. The van der Waals surface area contributed by atoms with E-state index in [9.17, 15) is 9.59 Å². The number of nitrogens with two attached hydrogens (primary N) is 1. The van der Waals surface area contributed by atoms with Crippen molar-refractivity contribution in [1.82, 2.24) is 4.98 Å². The third kappa shape index (κ3) is 17.9. The fourth-order valence-electron chi connectivity index (χ4n) is 4.32. The summed E-state index contributed by atoms with van der Waals surface area (Å²) in [6.45, 7) is 4.97. The number of esters is 1. The van der Waals surface area contributed by atoms with Gasteiger partial charge in [0.05, 0.1) is 13.0 Å². The first-order chi connectivity index (χ1) is 17.0. The van der Waals surface area contributed by atoms with Crippen molar-refractivity contribution in [3.05, 3.63) is 18.2 Å². The van der Waals surface area contributed by atoms with Crippen LogP contribution in [0.2, 0.25) is 0 Å². The summed E-state index contributed by atoms with van der Waals surface area (Å²) in [7, 11) is 0. The Morgan fingerprint density at radius 3 is 1.91 bits per heavy atom. The number of nitrogen functional groups attached to an aromatic ring is 1. The molecule has 35 heavy (non-hydrogen) atoms. The van der Waals surface area contributed by atoms with Gasteiger partial charge in [-0.15, -0.1) is 0 Å². The Labute approximate surface area is 214 Å². The molecule has 0 fully saturated rings. The maximum atomic E-state index is 12.3. The first kappa shape index (κ1) is 30.9. The van der Waals surface area contributed by atoms with Crippen LogP contribution >= 0.6 is 0 Å². The van der Waals surface area contributed by atoms with Gasteiger partial charge in [-0.3, -0.25) is 9.59 Å². The van der Waals surface area contributed by atoms with E-state index < -0.39 is 0 Å². The van der Waals surface area contributed by atoms with Crippen molar-refractivity contribution in [2.75, 3.05) is 17.7 Å². The van der Waals surface area contributed by atoms with E-state index in [4.69, 9.17) is 10.5 Å². The Morgan fingerprint density at radius 1 is 0.829 bits per heavy atom. The lowest BCUT2D eigenvalue weighted by Gasteiger charge is -2.17. The molecule has 1 heterocycles. The maximum absolute atomic E-state index is 12.3. The highest BCUT2D eigenvalue weighted by Gasteiger charge is 2.14. The van der Waals surface area contributed by atoms with Crippen molar-refractivity contribution in [3.8, 4) is 0 Å². The predicted octanol–water partition coefficient (Wildman–Crippen LogP) is 7.82. The Balaban J connectivity index is 2.30. The number of nitrogens with zero attached hydrogens (tertiary/aromatic N) is 1. The Bertz CT molecular complexity index is 681. The number of aromatic nitrogens is 1. The minimum Gasteiger partial charge on any atom is -0.465 e. The number of rotatable bonds is 22. The third-order valence-electron chi connectivity index (χ3n) is 6.51. The number of unbranched alkanes of at least 4 members (excludes halogenated alkanes) is 12. The van der Waals surface area contributed by atoms with Gasteiger partial charge in [0.1, 0.15) is 11.6 Å². The van der Waals surface area contributed by atoms with Crippen LogP contribution in [0, 0.1) is 5.92 Å². The van der Waals surface area contributed by atoms with Gasteiger partial charge in [0.2, 0.25) is 5.91 Å². The summed E-state index contributed by atoms with van der Waals surface area (Å²) < 4.78 is 5.59. The van der Waals surface area contributed by atoms with E-state index in [1.807, 2.05) is 0 Å². The lowest BCUT2D eigenvalue weighted by atomic mass is 9.94. The van der Waals surface area contributed by atoms with Crippen LogP contribution in [0.3, 0.4) is 0 Å². The number of carbonyl (C=O) groups is 2. The quantitative estimate of drug-likeness (QED) is 0.128. The van der Waals surface area contributed by atoms with Crippen LogP contribution in [0.5, 0.6) is 0 Å². The number of amides is 1. The molecule has 1 aromatic rings. The highest BCUT2D eigenvalue weighted by molar-refractivity contribution is 5.91. The van der Waals surface area contributed by atoms with Crippen molar-refractivity contribution in [3.63, 3.8) is 0 Å². The molecule has 6 heteroatoms. The predicted molar refractivity (Wildman–Crippen MR) is 146 cm³/mol. The number of carbonyl (C=O) groups excluding carboxylic acids is 2. The summed E-state index contributed by atoms with van der Waals surface area (Å²) in [5, 5.41) is 2.67. The second-order valence-electron chi connectivity index (χ2n) is 9.86. The zero-order valence-corrected chi connectivity index (χ0v) is 22.5. The number of hydrogen-bond acceptors (Lipinski definition) is 5. The molecular formula is C29H51N3O3. The number of nitrogens with one attached hydrogen (secondary N) is 1. The summed E-state index contributed by atoms with van der Waals surface area (Å²) in [6, 6.07) is 5.05. The van der Waals surface area contributed by atoms with Gasteiger partial charge in [0, 0.05) is 6.42 Å². The molecule has 1 rings (SSSR count). The molecule has 0 radical (unpaired) electrons. The van der Waals surface area contributed by atoms with Crippen molar-refractivity contribution in [1.29, 1.82) is 0 Å². The summed E-state index contributed by atoms with van der Waals surface area (Å²) in [5.74, 6) is 0.602. The average Bonchev–Trinajstić information content (AvgIpc) is 2.84. The van der Waals surface area contributed by atoms with Crippen LogP contribution in [0.15, 0.2) is 18.2 Å². The second-order valence-corrected chi connectivity index (χ2v) is 9.86. The van der Waals surface area contributed by atoms with Gasteiger partial charge < -0.3 is 15.8 Å². The van der Waals surface area contributed by atoms with Crippen LogP contribution in [-0.4, -0.2) is 23.5 Å². The molecule has 0 saturated carbocycles. The molecular weight excluding hydrogens is 438 g/mol. The molecule has 0 bridgehead atoms. The highest BCUT2D eigenvalue weighted by atomic mass is 16.5. The van der Waals surface area contributed by atoms with Crippen LogP contribution in [0.1, 0.15) is 129 Å². The summed E-state index contributed by atoms with van der Waals surface area (Å²) in [5.41, 5.74) is 5.63. The van der Waals surface area contributed by atoms with Crippen molar-refractivity contribution in [2.24, 2.45) is 5.92 Å². The van der Waals surface area contributed by atoms with Gasteiger partial charge in [-0.25, -0.2) is 4.98 Å². The zero-order valence-electron chi connectivity index (χ0n) is 22.5. The molecule has 1 atom stereocenters. The Kier molecular flexibility index (Phi) is 18.7. The smallest absolute Gasteiger partial charge is 0.306 e. The molecule has 0 spiro atoms. The van der Waals surface area contributed by atoms with Gasteiger partial charge >= 0.3 is 5.97 Å². The molecule has 0 aliphatic heterocycles. The van der Waals surface area contributed by atoms with E-state index in [2.05, 4.69) is 24.1 Å². The highest BCUT2D eigenvalue weighted by Crippen LogP contribution is 2.20. The first-order valence-corrected chi connectivity index (χ1v) is 14.2. The fraction of sp³-hybridized carbons (Fsp3) is 0.759. The molecule has 0 aromatic carbocycles. The fourth-order valence-corrected chi connectivity index (χ4v) is 4.32. The molecule has 0 saturated heterocycles. The van der Waals surface area contributed by atoms with E-state index in [1.165, 1.54) is 89.9 Å². The average molecular weight is 490 g/mol. The van der Waals surface area contributed by atoms with Crippen LogP contribution in [-0.2, 0) is 14.3 Å². The van der Waals surface area contributed by atoms with E-state index in [1.54, 1.807) is 18.2 Å². The number of anilines is 2. The molecule has 1 amide bonds. The number of hydrogen-bond donors (Lipinski definition) is 2. The maximum Gasteiger partial charge on any atom is 0.306 e. The van der Waals surface area contributed by atoms with Gasteiger partial charge in [-0.2, -0.15) is 0 Å². The summed E-state index contributed by atoms with van der Waals surface area (Å²) in [4.78, 5) is 28.4. The summed E-state index contributed by atoms with van der Waals surface area (Å²) >= 11 is 0. The van der Waals surface area contributed by atoms with E-state index in [0.29, 0.717) is 24.2 Å². The van der Waals surface area contributed by atoms with Crippen molar-refractivity contribution in [2.45, 2.75) is 129 Å². The van der Waals surface area contributed by atoms with Crippen molar-refractivity contribution >= 4 is 23.5 Å². The van der Waals surface area contributed by atoms with Crippen LogP contribution in [0.25, 0.3) is 0 Å². The van der Waals surface area contributed by atoms with Crippen molar-refractivity contribution < 1.29 is 14.3 Å². The zero-order chi connectivity index (χ0) is 25.6. The Morgan fingerprint density at radius 2 is 1.37 bits per heavy atom. The topological polar surface area (TPSA) is 94.3 Å². The molecule has 6 nitrogen and oxygen atoms in total. The van der Waals surface area contributed by atoms with Crippen LogP contribution in [0.4, 0.5) is 11.6 Å². The van der Waals surface area contributed by atoms with E-state index in [-0.39, 0.29) is 24.7 Å². The molecule has 200 valence electrons. The monoisotopic (exact) mass is 489 g/mol. The molecule has 3 N–H and O–H groups in total. The number of ether oxygens (including phenoxy) is 1. The molecule has 0 aliphatic rings. The lowest BCUT2D eigenvalue weighted by Crippen LogP contribution is -2.18. The minimum atomic E-state index is -0.301. The second kappa shape index (κ2) is 21.2. The van der Waals surface area contributed by atoms with E-state index >= 15 is 0 Å². The van der Waals surface area contributed by atoms with Gasteiger partial charge in [-0.05, 0) is 30.9 Å². The number of pyridine rings is 1. The molecule has 1 unspecified atom stereocenters. The molecule has 0 aliphatic carbocycles. The summed E-state index contributed by atoms with van der Waals surface area (Å²) in [6.07, 6.45) is 20.6.